The van der Waals surface area contributed by atoms with Crippen molar-refractivity contribution in [3.8, 4) is 0 Å². The van der Waals surface area contributed by atoms with Gasteiger partial charge in [-0.3, -0.25) is 4.90 Å². The number of hydrogen-bond acceptors (Lipinski definition) is 4. The first-order valence-electron chi connectivity index (χ1n) is 8.78. The fraction of sp³-hybridized carbons (Fsp3) is 0.300. The zero-order chi connectivity index (χ0) is 17.1. The molecule has 1 aliphatic heterocycles. The SMILES string of the molecule is CC(=Cc1ccccc1)CN1CCC(Nc2ccc3nccn3n2)C1. The van der Waals surface area contributed by atoms with Gasteiger partial charge in [0.2, 0.25) is 0 Å². The normalized spacial score (nSPS) is 18.8. The Balaban J connectivity index is 1.34. The van der Waals surface area contributed by atoms with Crippen molar-refractivity contribution in [2.75, 3.05) is 25.0 Å². The van der Waals surface area contributed by atoms with Gasteiger partial charge in [0, 0.05) is 38.1 Å². The summed E-state index contributed by atoms with van der Waals surface area (Å²) in [6.07, 6.45) is 7.06. The number of nitrogens with zero attached hydrogens (tertiary/aromatic N) is 4. The number of likely N-dealkylation sites (tertiary alicyclic amines) is 1. The Morgan fingerprint density at radius 3 is 3.00 bits per heavy atom. The molecule has 0 bridgehead atoms. The lowest BCUT2D eigenvalue weighted by Crippen LogP contribution is -2.27. The van der Waals surface area contributed by atoms with Crippen LogP contribution in [0.4, 0.5) is 5.82 Å². The number of fused-ring (bicyclic) bond motifs is 1. The Hall–Kier alpha value is -2.66. The maximum atomic E-state index is 4.55. The summed E-state index contributed by atoms with van der Waals surface area (Å²) in [5, 5.41) is 8.11. The van der Waals surface area contributed by atoms with Crippen molar-refractivity contribution in [1.29, 1.82) is 0 Å². The second kappa shape index (κ2) is 7.07. The van der Waals surface area contributed by atoms with Crippen LogP contribution in [0.2, 0.25) is 0 Å². The van der Waals surface area contributed by atoms with Gasteiger partial charge < -0.3 is 5.32 Å². The first-order chi connectivity index (χ1) is 12.3. The molecule has 1 atom stereocenters. The van der Waals surface area contributed by atoms with Crippen molar-refractivity contribution in [3.63, 3.8) is 0 Å². The molecule has 2 aromatic heterocycles. The number of nitrogens with one attached hydrogen (secondary N) is 1. The van der Waals surface area contributed by atoms with E-state index in [4.69, 9.17) is 0 Å². The molecule has 0 spiro atoms. The number of aromatic nitrogens is 3. The number of imidazole rings is 1. The largest absolute Gasteiger partial charge is 0.365 e. The molecule has 1 unspecified atom stereocenters. The summed E-state index contributed by atoms with van der Waals surface area (Å²) >= 11 is 0. The summed E-state index contributed by atoms with van der Waals surface area (Å²) in [6, 6.07) is 15.0. The van der Waals surface area contributed by atoms with Crippen molar-refractivity contribution < 1.29 is 0 Å². The number of anilines is 1. The van der Waals surface area contributed by atoms with Gasteiger partial charge in [0.1, 0.15) is 5.82 Å². The molecule has 3 heterocycles. The van der Waals surface area contributed by atoms with Crippen LogP contribution in [-0.2, 0) is 0 Å². The number of hydrogen-bond donors (Lipinski definition) is 1. The lowest BCUT2D eigenvalue weighted by atomic mass is 10.1. The molecule has 0 aliphatic carbocycles. The molecule has 1 saturated heterocycles. The minimum atomic E-state index is 0.443. The van der Waals surface area contributed by atoms with Crippen molar-refractivity contribution in [2.24, 2.45) is 0 Å². The molecule has 1 aromatic carbocycles. The van der Waals surface area contributed by atoms with E-state index >= 15 is 0 Å². The van der Waals surface area contributed by atoms with Crippen LogP contribution in [-0.4, -0.2) is 45.2 Å². The average Bonchev–Trinajstić information content (AvgIpc) is 3.24. The molecular weight excluding hydrogens is 310 g/mol. The second-order valence-corrected chi connectivity index (χ2v) is 6.72. The Morgan fingerprint density at radius 2 is 2.12 bits per heavy atom. The van der Waals surface area contributed by atoms with E-state index in [1.807, 2.05) is 22.8 Å². The smallest absolute Gasteiger partial charge is 0.153 e. The zero-order valence-corrected chi connectivity index (χ0v) is 14.5. The highest BCUT2D eigenvalue weighted by Crippen LogP contribution is 2.17. The van der Waals surface area contributed by atoms with Crippen molar-refractivity contribution in [3.05, 3.63) is 66.0 Å². The molecule has 128 valence electrons. The standard InChI is InChI=1S/C20H23N5/c1-16(13-17-5-3-2-4-6-17)14-24-11-9-18(15-24)22-19-7-8-20-21-10-12-25(20)23-19/h2-8,10,12-13,18H,9,11,14-15H2,1H3,(H,22,23). The Labute approximate surface area is 148 Å². The molecular formula is C20H23N5. The molecule has 1 fully saturated rings. The molecule has 1 N–H and O–H groups in total. The highest BCUT2D eigenvalue weighted by Gasteiger charge is 2.22. The molecule has 0 saturated carbocycles. The van der Waals surface area contributed by atoms with Crippen molar-refractivity contribution >= 4 is 17.5 Å². The van der Waals surface area contributed by atoms with Gasteiger partial charge in [-0.05, 0) is 31.0 Å². The second-order valence-electron chi connectivity index (χ2n) is 6.72. The third-order valence-electron chi connectivity index (χ3n) is 4.57. The van der Waals surface area contributed by atoms with Gasteiger partial charge in [-0.15, -0.1) is 5.10 Å². The van der Waals surface area contributed by atoms with Crippen LogP contribution >= 0.6 is 0 Å². The van der Waals surface area contributed by atoms with Gasteiger partial charge in [0.05, 0.1) is 0 Å². The fourth-order valence-electron chi connectivity index (χ4n) is 3.43. The van der Waals surface area contributed by atoms with E-state index in [-0.39, 0.29) is 0 Å². The van der Waals surface area contributed by atoms with E-state index in [9.17, 15) is 0 Å². The first kappa shape index (κ1) is 15.8. The molecule has 25 heavy (non-hydrogen) atoms. The topological polar surface area (TPSA) is 45.5 Å². The molecule has 4 rings (SSSR count). The quantitative estimate of drug-likeness (QED) is 0.778. The highest BCUT2D eigenvalue weighted by atomic mass is 15.3. The van der Waals surface area contributed by atoms with Gasteiger partial charge in [-0.25, -0.2) is 9.50 Å². The summed E-state index contributed by atoms with van der Waals surface area (Å²) in [4.78, 5) is 6.73. The van der Waals surface area contributed by atoms with Gasteiger partial charge in [0.25, 0.3) is 0 Å². The van der Waals surface area contributed by atoms with Crippen LogP contribution in [0.3, 0.4) is 0 Å². The van der Waals surface area contributed by atoms with Crippen LogP contribution in [0, 0.1) is 0 Å². The van der Waals surface area contributed by atoms with E-state index in [1.165, 1.54) is 11.1 Å². The van der Waals surface area contributed by atoms with Crippen LogP contribution in [0.25, 0.3) is 11.7 Å². The van der Waals surface area contributed by atoms with Gasteiger partial charge >= 0.3 is 0 Å². The third-order valence-corrected chi connectivity index (χ3v) is 4.57. The molecule has 1 aliphatic rings. The van der Waals surface area contributed by atoms with E-state index in [2.05, 4.69) is 63.6 Å². The molecule has 5 heteroatoms. The van der Waals surface area contributed by atoms with E-state index < -0.39 is 0 Å². The first-order valence-corrected chi connectivity index (χ1v) is 8.78. The van der Waals surface area contributed by atoms with Crippen LogP contribution < -0.4 is 5.32 Å². The van der Waals surface area contributed by atoms with E-state index in [0.29, 0.717) is 6.04 Å². The van der Waals surface area contributed by atoms with E-state index in [1.54, 1.807) is 6.20 Å². The maximum Gasteiger partial charge on any atom is 0.153 e. The number of rotatable bonds is 5. The molecule has 0 radical (unpaired) electrons. The number of benzene rings is 1. The average molecular weight is 333 g/mol. The third kappa shape index (κ3) is 3.88. The monoisotopic (exact) mass is 333 g/mol. The summed E-state index contributed by atoms with van der Waals surface area (Å²) in [7, 11) is 0. The van der Waals surface area contributed by atoms with Crippen LogP contribution in [0.15, 0.2) is 60.4 Å². The lowest BCUT2D eigenvalue weighted by Gasteiger charge is -2.17. The maximum absolute atomic E-state index is 4.55. The molecule has 5 nitrogen and oxygen atoms in total. The fourth-order valence-corrected chi connectivity index (χ4v) is 3.43. The predicted octanol–water partition coefficient (Wildman–Crippen LogP) is 3.32. The summed E-state index contributed by atoms with van der Waals surface area (Å²) in [5.74, 6) is 0.911. The summed E-state index contributed by atoms with van der Waals surface area (Å²) < 4.78 is 1.81. The van der Waals surface area contributed by atoms with Gasteiger partial charge in [-0.2, -0.15) is 0 Å². The van der Waals surface area contributed by atoms with Crippen LogP contribution in [0.1, 0.15) is 18.9 Å². The summed E-state index contributed by atoms with van der Waals surface area (Å²) in [5.41, 5.74) is 3.54. The molecule has 3 aromatic rings. The minimum absolute atomic E-state index is 0.443. The van der Waals surface area contributed by atoms with Gasteiger partial charge in [0.15, 0.2) is 5.65 Å². The minimum Gasteiger partial charge on any atom is -0.365 e. The van der Waals surface area contributed by atoms with Gasteiger partial charge in [-0.1, -0.05) is 42.0 Å². The Bertz CT molecular complexity index is 868. The zero-order valence-electron chi connectivity index (χ0n) is 14.5. The van der Waals surface area contributed by atoms with E-state index in [0.717, 1.165) is 37.5 Å². The highest BCUT2D eigenvalue weighted by molar-refractivity contribution is 5.52. The summed E-state index contributed by atoms with van der Waals surface area (Å²) in [6.45, 7) is 5.39. The Kier molecular flexibility index (Phi) is 4.48. The van der Waals surface area contributed by atoms with Crippen LogP contribution in [0.5, 0.6) is 0 Å². The molecule has 0 amide bonds. The lowest BCUT2D eigenvalue weighted by molar-refractivity contribution is 0.366. The van der Waals surface area contributed by atoms with Crippen molar-refractivity contribution in [2.45, 2.75) is 19.4 Å². The van der Waals surface area contributed by atoms with Crippen molar-refractivity contribution in [1.82, 2.24) is 19.5 Å². The predicted molar refractivity (Wildman–Crippen MR) is 102 cm³/mol. The Morgan fingerprint density at radius 1 is 1.24 bits per heavy atom.